The Kier molecular flexibility index (Phi) is 5.03. The summed E-state index contributed by atoms with van der Waals surface area (Å²) in [6.07, 6.45) is 0. The first kappa shape index (κ1) is 12.4. The van der Waals surface area contributed by atoms with Crippen LogP contribution in [0.2, 0.25) is 0 Å². The average Bonchev–Trinajstić information content (AvgIpc) is 2.25. The Morgan fingerprint density at radius 3 is 2.47 bits per heavy atom. The van der Waals surface area contributed by atoms with Gasteiger partial charge in [-0.2, -0.15) is 0 Å². The third kappa shape index (κ3) is 5.12. The average molecular weight is 228 g/mol. The minimum atomic E-state index is -0.453. The monoisotopic (exact) mass is 228 g/mol. The van der Waals surface area contributed by atoms with Crippen molar-refractivity contribution < 1.29 is 14.2 Å². The normalized spacial score (nSPS) is 12.2. The second-order valence-electron chi connectivity index (χ2n) is 4.15. The number of hydrogen-bond donors (Lipinski definition) is 1. The molecule has 0 aliphatic heterocycles. The van der Waals surface area contributed by atoms with Gasteiger partial charge in [0.05, 0.1) is 13.2 Å². The molecule has 0 saturated heterocycles. The summed E-state index contributed by atoms with van der Waals surface area (Å²) >= 11 is 0. The molecule has 0 radical (unpaired) electrons. The molecule has 0 amide bonds. The summed E-state index contributed by atoms with van der Waals surface area (Å²) in [7, 11) is -0.453. The highest BCUT2D eigenvalue weighted by Gasteiger charge is 2.19. The summed E-state index contributed by atoms with van der Waals surface area (Å²) < 4.78 is 10.6. The summed E-state index contributed by atoms with van der Waals surface area (Å²) in [6, 6.07) is 9.67. The van der Waals surface area contributed by atoms with E-state index < -0.39 is 9.03 Å². The van der Waals surface area contributed by atoms with Crippen molar-refractivity contribution in [1.29, 1.82) is 0 Å². The molecule has 3 nitrogen and oxygen atoms in total. The maximum Gasteiger partial charge on any atom is 0.152 e. The van der Waals surface area contributed by atoms with Gasteiger partial charge in [0.15, 0.2) is 9.03 Å². The van der Waals surface area contributed by atoms with Gasteiger partial charge < -0.3 is 14.2 Å². The molecule has 0 bridgehead atoms. The molecule has 1 unspecified atom stereocenters. The van der Waals surface area contributed by atoms with Gasteiger partial charge in [0.25, 0.3) is 0 Å². The van der Waals surface area contributed by atoms with Gasteiger partial charge in [-0.15, -0.1) is 0 Å². The summed E-state index contributed by atoms with van der Waals surface area (Å²) in [4.78, 5) is 8.58. The van der Waals surface area contributed by atoms with E-state index in [0.29, 0.717) is 13.2 Å². The van der Waals surface area contributed by atoms with Gasteiger partial charge in [0, 0.05) is 5.41 Å². The molecule has 0 aromatic heterocycles. The summed E-state index contributed by atoms with van der Waals surface area (Å²) in [6.45, 7) is 5.14. The van der Waals surface area contributed by atoms with E-state index in [4.69, 9.17) is 14.2 Å². The van der Waals surface area contributed by atoms with E-state index in [-0.39, 0.29) is 5.41 Å². The number of hydrogen-bond acceptors (Lipinski definition) is 3. The fourth-order valence-corrected chi connectivity index (χ4v) is 1.52. The molecular formula is C11H17O3P. The molecule has 1 rings (SSSR count). The van der Waals surface area contributed by atoms with Crippen molar-refractivity contribution in [3.05, 3.63) is 30.3 Å². The molecule has 0 saturated carbocycles. The summed E-state index contributed by atoms with van der Waals surface area (Å²) in [5.41, 5.74) is -0.0917. The van der Waals surface area contributed by atoms with E-state index in [1.807, 2.05) is 44.2 Å². The topological polar surface area (TPSA) is 38.7 Å². The van der Waals surface area contributed by atoms with E-state index in [0.717, 1.165) is 5.75 Å². The lowest BCUT2D eigenvalue weighted by molar-refractivity contribution is 0.115. The molecular weight excluding hydrogens is 211 g/mol. The van der Waals surface area contributed by atoms with Crippen molar-refractivity contribution in [2.45, 2.75) is 13.8 Å². The zero-order valence-corrected chi connectivity index (χ0v) is 10.1. The van der Waals surface area contributed by atoms with Crippen LogP contribution in [-0.2, 0) is 4.52 Å². The Bertz CT molecular complexity index is 274. The lowest BCUT2D eigenvalue weighted by Gasteiger charge is -2.23. The highest BCUT2D eigenvalue weighted by atomic mass is 31.1. The quantitative estimate of drug-likeness (QED) is 0.760. The second-order valence-corrected chi connectivity index (χ2v) is 4.62. The van der Waals surface area contributed by atoms with Crippen LogP contribution in [0.15, 0.2) is 30.3 Å². The molecule has 1 atom stereocenters. The van der Waals surface area contributed by atoms with Gasteiger partial charge in [-0.1, -0.05) is 32.0 Å². The second kappa shape index (κ2) is 6.06. The minimum absolute atomic E-state index is 0.0917. The van der Waals surface area contributed by atoms with E-state index in [1.165, 1.54) is 0 Å². The van der Waals surface area contributed by atoms with Crippen LogP contribution in [0.25, 0.3) is 0 Å². The molecule has 1 aromatic rings. The van der Waals surface area contributed by atoms with Crippen molar-refractivity contribution in [1.82, 2.24) is 0 Å². The van der Waals surface area contributed by atoms with Crippen molar-refractivity contribution in [2.24, 2.45) is 5.41 Å². The van der Waals surface area contributed by atoms with E-state index in [2.05, 4.69) is 0 Å². The lowest BCUT2D eigenvalue weighted by Crippen LogP contribution is -2.25. The van der Waals surface area contributed by atoms with Crippen LogP contribution in [0.1, 0.15) is 13.8 Å². The van der Waals surface area contributed by atoms with Crippen LogP contribution in [0.5, 0.6) is 5.75 Å². The third-order valence-electron chi connectivity index (χ3n) is 1.90. The smallest absolute Gasteiger partial charge is 0.152 e. The minimum Gasteiger partial charge on any atom is -0.493 e. The maximum atomic E-state index is 8.58. The van der Waals surface area contributed by atoms with Gasteiger partial charge in [-0.25, -0.2) is 0 Å². The third-order valence-corrected chi connectivity index (χ3v) is 2.17. The number of benzene rings is 1. The SMILES string of the molecule is CC(C)(COPO)COc1ccccc1. The van der Waals surface area contributed by atoms with Crippen molar-refractivity contribution in [3.8, 4) is 5.75 Å². The van der Waals surface area contributed by atoms with Gasteiger partial charge >= 0.3 is 0 Å². The number of para-hydroxylation sites is 1. The van der Waals surface area contributed by atoms with Crippen LogP contribution in [0, 0.1) is 5.41 Å². The van der Waals surface area contributed by atoms with Gasteiger partial charge in [0.2, 0.25) is 0 Å². The molecule has 0 spiro atoms. The Hall–Kier alpha value is -0.630. The molecule has 0 fully saturated rings. The van der Waals surface area contributed by atoms with Crippen LogP contribution in [0.3, 0.4) is 0 Å². The highest BCUT2D eigenvalue weighted by Crippen LogP contribution is 2.21. The van der Waals surface area contributed by atoms with Gasteiger partial charge in [-0.3, -0.25) is 0 Å². The first-order valence-electron chi connectivity index (χ1n) is 4.83. The summed E-state index contributed by atoms with van der Waals surface area (Å²) in [5, 5.41) is 0. The molecule has 4 heteroatoms. The Labute approximate surface area is 92.4 Å². The summed E-state index contributed by atoms with van der Waals surface area (Å²) in [5.74, 6) is 0.858. The first-order valence-corrected chi connectivity index (χ1v) is 5.68. The van der Waals surface area contributed by atoms with Crippen molar-refractivity contribution in [2.75, 3.05) is 13.2 Å². The highest BCUT2D eigenvalue weighted by molar-refractivity contribution is 7.24. The molecule has 15 heavy (non-hydrogen) atoms. The van der Waals surface area contributed by atoms with Crippen LogP contribution >= 0.6 is 9.03 Å². The Morgan fingerprint density at radius 1 is 1.20 bits per heavy atom. The van der Waals surface area contributed by atoms with Gasteiger partial charge in [-0.05, 0) is 12.1 Å². The van der Waals surface area contributed by atoms with Crippen LogP contribution in [0.4, 0.5) is 0 Å². The molecule has 84 valence electrons. The van der Waals surface area contributed by atoms with Crippen molar-refractivity contribution in [3.63, 3.8) is 0 Å². The van der Waals surface area contributed by atoms with E-state index >= 15 is 0 Å². The van der Waals surface area contributed by atoms with Crippen molar-refractivity contribution >= 4 is 9.03 Å². The van der Waals surface area contributed by atoms with E-state index in [9.17, 15) is 0 Å². The fourth-order valence-electron chi connectivity index (χ4n) is 1.06. The predicted molar refractivity (Wildman–Crippen MR) is 62.2 cm³/mol. The standard InChI is InChI=1S/C11H17O3P/c1-11(2,9-14-15-12)8-13-10-6-4-3-5-7-10/h3-7,12,15H,8-9H2,1-2H3. The van der Waals surface area contributed by atoms with Gasteiger partial charge in [0.1, 0.15) is 5.75 Å². The predicted octanol–water partition coefficient (Wildman–Crippen LogP) is 2.61. The Morgan fingerprint density at radius 2 is 1.87 bits per heavy atom. The fraction of sp³-hybridized carbons (Fsp3) is 0.455. The molecule has 0 aliphatic carbocycles. The molecule has 0 heterocycles. The Balaban J connectivity index is 2.35. The lowest BCUT2D eigenvalue weighted by atomic mass is 9.96. The molecule has 0 aliphatic rings. The number of rotatable bonds is 6. The zero-order valence-electron chi connectivity index (χ0n) is 9.06. The molecule has 1 N–H and O–H groups in total. The number of ether oxygens (including phenoxy) is 1. The molecule has 1 aromatic carbocycles. The maximum absolute atomic E-state index is 8.58. The van der Waals surface area contributed by atoms with Crippen LogP contribution in [-0.4, -0.2) is 18.1 Å². The zero-order chi connectivity index (χ0) is 11.1. The van der Waals surface area contributed by atoms with Crippen LogP contribution < -0.4 is 4.74 Å². The largest absolute Gasteiger partial charge is 0.493 e. The van der Waals surface area contributed by atoms with E-state index in [1.54, 1.807) is 0 Å². The first-order chi connectivity index (χ1) is 7.14.